The highest BCUT2D eigenvalue weighted by Gasteiger charge is 2.50. The number of ether oxygens (including phenoxy) is 1. The zero-order valence-corrected chi connectivity index (χ0v) is 10.3. The highest BCUT2D eigenvalue weighted by molar-refractivity contribution is 5.96. The second kappa shape index (κ2) is 4.35. The monoisotopic (exact) mass is 243 g/mol. The van der Waals surface area contributed by atoms with Crippen molar-refractivity contribution in [3.63, 3.8) is 0 Å². The third kappa shape index (κ3) is 2.57. The number of aliphatic carboxylic acids is 1. The second-order valence-corrected chi connectivity index (χ2v) is 5.05. The van der Waals surface area contributed by atoms with Gasteiger partial charge in [-0.2, -0.15) is 0 Å². The van der Waals surface area contributed by atoms with Crippen molar-refractivity contribution >= 4 is 17.8 Å². The normalized spacial score (nSPS) is 23.9. The number of hydrogen-bond donors (Lipinski definition) is 2. The fourth-order valence-corrected chi connectivity index (χ4v) is 1.60. The number of rotatable bonds is 4. The standard InChI is InChI=1S/C11H17NO5/c1-5(2)6-7(17-9(6)14)8(13)12-11(3,4)10(15)16/h5-7H,1-4H3,(H,12,13)(H,15,16)/t6-,7+/m0/s1. The topological polar surface area (TPSA) is 92.7 Å². The molecule has 2 N–H and O–H groups in total. The van der Waals surface area contributed by atoms with E-state index in [-0.39, 0.29) is 5.92 Å². The zero-order valence-electron chi connectivity index (χ0n) is 10.3. The van der Waals surface area contributed by atoms with E-state index in [0.717, 1.165) is 0 Å². The van der Waals surface area contributed by atoms with Crippen LogP contribution in [0.3, 0.4) is 0 Å². The van der Waals surface area contributed by atoms with E-state index in [1.807, 2.05) is 13.8 Å². The summed E-state index contributed by atoms with van der Waals surface area (Å²) < 4.78 is 4.76. The van der Waals surface area contributed by atoms with Gasteiger partial charge in [0.2, 0.25) is 0 Å². The number of carbonyl (C=O) groups excluding carboxylic acids is 2. The molecule has 0 aromatic heterocycles. The minimum Gasteiger partial charge on any atom is -0.480 e. The first-order valence-corrected chi connectivity index (χ1v) is 5.42. The van der Waals surface area contributed by atoms with Crippen molar-refractivity contribution in [3.05, 3.63) is 0 Å². The maximum atomic E-state index is 11.8. The molecule has 0 saturated carbocycles. The molecular weight excluding hydrogens is 226 g/mol. The molecule has 0 unspecified atom stereocenters. The first-order chi connectivity index (χ1) is 7.66. The molecule has 1 fully saturated rings. The summed E-state index contributed by atoms with van der Waals surface area (Å²) in [6.07, 6.45) is -0.874. The summed E-state index contributed by atoms with van der Waals surface area (Å²) in [5.74, 6) is -2.61. The Hall–Kier alpha value is -1.59. The predicted molar refractivity (Wildman–Crippen MR) is 58.1 cm³/mol. The molecule has 1 heterocycles. The van der Waals surface area contributed by atoms with Gasteiger partial charge in [-0.15, -0.1) is 0 Å². The summed E-state index contributed by atoms with van der Waals surface area (Å²) in [7, 11) is 0. The van der Waals surface area contributed by atoms with Crippen LogP contribution in [0.4, 0.5) is 0 Å². The van der Waals surface area contributed by atoms with Crippen LogP contribution in [0.15, 0.2) is 0 Å². The van der Waals surface area contributed by atoms with E-state index in [1.165, 1.54) is 13.8 Å². The van der Waals surface area contributed by atoms with Crippen LogP contribution < -0.4 is 5.32 Å². The minimum absolute atomic E-state index is 0.0139. The SMILES string of the molecule is CC(C)[C@@H]1C(=O)O[C@H]1C(=O)NC(C)(C)C(=O)O. The molecule has 17 heavy (non-hydrogen) atoms. The van der Waals surface area contributed by atoms with E-state index in [0.29, 0.717) is 0 Å². The molecule has 1 amide bonds. The van der Waals surface area contributed by atoms with Gasteiger partial charge in [0.15, 0.2) is 6.10 Å². The van der Waals surface area contributed by atoms with E-state index in [2.05, 4.69) is 5.32 Å². The van der Waals surface area contributed by atoms with Crippen LogP contribution in [0, 0.1) is 11.8 Å². The number of amides is 1. The molecule has 1 aliphatic heterocycles. The van der Waals surface area contributed by atoms with E-state index >= 15 is 0 Å². The van der Waals surface area contributed by atoms with Crippen LogP contribution in [0.25, 0.3) is 0 Å². The molecule has 1 saturated heterocycles. The Labute approximate surface area is 99.3 Å². The van der Waals surface area contributed by atoms with Crippen LogP contribution in [0.2, 0.25) is 0 Å². The van der Waals surface area contributed by atoms with E-state index in [4.69, 9.17) is 9.84 Å². The summed E-state index contributed by atoms with van der Waals surface area (Å²) >= 11 is 0. The van der Waals surface area contributed by atoms with Gasteiger partial charge in [-0.25, -0.2) is 4.79 Å². The van der Waals surface area contributed by atoms with E-state index in [1.54, 1.807) is 0 Å². The van der Waals surface area contributed by atoms with Gasteiger partial charge in [0.25, 0.3) is 5.91 Å². The number of carbonyl (C=O) groups is 3. The van der Waals surface area contributed by atoms with Gasteiger partial charge in [-0.1, -0.05) is 13.8 Å². The van der Waals surface area contributed by atoms with Crippen LogP contribution in [0.1, 0.15) is 27.7 Å². The van der Waals surface area contributed by atoms with Gasteiger partial charge in [0.05, 0.1) is 0 Å². The van der Waals surface area contributed by atoms with Crippen molar-refractivity contribution < 1.29 is 24.2 Å². The Morgan fingerprint density at radius 1 is 1.41 bits per heavy atom. The Morgan fingerprint density at radius 3 is 2.29 bits per heavy atom. The van der Waals surface area contributed by atoms with E-state index in [9.17, 15) is 14.4 Å². The van der Waals surface area contributed by atoms with Crippen LogP contribution in [0.5, 0.6) is 0 Å². The van der Waals surface area contributed by atoms with Crippen molar-refractivity contribution in [3.8, 4) is 0 Å². The quantitative estimate of drug-likeness (QED) is 0.686. The number of esters is 1. The lowest BCUT2D eigenvalue weighted by Crippen LogP contribution is -2.61. The molecule has 0 radical (unpaired) electrons. The van der Waals surface area contributed by atoms with Crippen molar-refractivity contribution in [2.24, 2.45) is 11.8 Å². The highest BCUT2D eigenvalue weighted by atomic mass is 16.6. The first-order valence-electron chi connectivity index (χ1n) is 5.42. The lowest BCUT2D eigenvalue weighted by atomic mass is 9.85. The van der Waals surface area contributed by atoms with Gasteiger partial charge in [0, 0.05) is 0 Å². The summed E-state index contributed by atoms with van der Waals surface area (Å²) in [6, 6.07) is 0. The van der Waals surface area contributed by atoms with Crippen LogP contribution in [-0.2, 0) is 19.1 Å². The van der Waals surface area contributed by atoms with Crippen molar-refractivity contribution in [1.29, 1.82) is 0 Å². The van der Waals surface area contributed by atoms with Gasteiger partial charge in [-0.05, 0) is 19.8 Å². The van der Waals surface area contributed by atoms with Gasteiger partial charge < -0.3 is 15.2 Å². The van der Waals surface area contributed by atoms with Crippen molar-refractivity contribution in [1.82, 2.24) is 5.32 Å². The van der Waals surface area contributed by atoms with Gasteiger partial charge in [0.1, 0.15) is 11.5 Å². The Kier molecular flexibility index (Phi) is 3.45. The summed E-state index contributed by atoms with van der Waals surface area (Å²) in [5.41, 5.74) is -1.37. The van der Waals surface area contributed by atoms with Crippen molar-refractivity contribution in [2.45, 2.75) is 39.3 Å². The molecule has 1 aliphatic rings. The second-order valence-electron chi connectivity index (χ2n) is 5.05. The largest absolute Gasteiger partial charge is 0.480 e. The predicted octanol–water partition coefficient (Wildman–Crippen LogP) is 0.163. The number of carboxylic acid groups (broad SMARTS) is 1. The molecule has 0 aromatic rings. The average molecular weight is 243 g/mol. The molecule has 0 aromatic carbocycles. The maximum absolute atomic E-state index is 11.8. The lowest BCUT2D eigenvalue weighted by Gasteiger charge is -2.37. The molecule has 2 atom stereocenters. The Balaban J connectivity index is 2.67. The number of carboxylic acids is 1. The zero-order chi connectivity index (χ0) is 13.4. The number of cyclic esters (lactones) is 1. The summed E-state index contributed by atoms with van der Waals surface area (Å²) in [4.78, 5) is 33.8. The van der Waals surface area contributed by atoms with Crippen LogP contribution in [-0.4, -0.2) is 34.6 Å². The summed E-state index contributed by atoms with van der Waals surface area (Å²) in [6.45, 7) is 6.37. The molecule has 6 nitrogen and oxygen atoms in total. The molecule has 0 bridgehead atoms. The third-order valence-corrected chi connectivity index (χ3v) is 2.79. The number of hydrogen-bond acceptors (Lipinski definition) is 4. The highest BCUT2D eigenvalue weighted by Crippen LogP contribution is 2.29. The molecular formula is C11H17NO5. The van der Waals surface area contributed by atoms with Gasteiger partial charge >= 0.3 is 11.9 Å². The average Bonchev–Trinajstić information content (AvgIpc) is 2.11. The summed E-state index contributed by atoms with van der Waals surface area (Å²) in [5, 5.41) is 11.2. The number of nitrogens with one attached hydrogen (secondary N) is 1. The third-order valence-electron chi connectivity index (χ3n) is 2.79. The van der Waals surface area contributed by atoms with Crippen LogP contribution >= 0.6 is 0 Å². The Morgan fingerprint density at radius 2 is 1.94 bits per heavy atom. The lowest BCUT2D eigenvalue weighted by molar-refractivity contribution is -0.193. The fraction of sp³-hybridized carbons (Fsp3) is 0.727. The fourth-order valence-electron chi connectivity index (χ4n) is 1.60. The minimum atomic E-state index is -1.37. The molecule has 0 aliphatic carbocycles. The van der Waals surface area contributed by atoms with E-state index < -0.39 is 35.4 Å². The van der Waals surface area contributed by atoms with Crippen molar-refractivity contribution in [2.75, 3.05) is 0 Å². The molecule has 96 valence electrons. The maximum Gasteiger partial charge on any atom is 0.328 e. The molecule has 1 rings (SSSR count). The molecule has 0 spiro atoms. The first kappa shape index (κ1) is 13.5. The molecule has 6 heteroatoms. The Bertz CT molecular complexity index is 361. The smallest absolute Gasteiger partial charge is 0.328 e. The van der Waals surface area contributed by atoms with Gasteiger partial charge in [-0.3, -0.25) is 9.59 Å².